The number of alkyl halides is 1. The van der Waals surface area contributed by atoms with Crippen molar-refractivity contribution in [3.05, 3.63) is 22.7 Å². The van der Waals surface area contributed by atoms with Crippen LogP contribution in [0.2, 0.25) is 5.02 Å². The number of ether oxygens (including phenoxy) is 3. The molecule has 18 heavy (non-hydrogen) atoms. The van der Waals surface area contributed by atoms with Gasteiger partial charge in [0.15, 0.2) is 11.5 Å². The van der Waals surface area contributed by atoms with Crippen LogP contribution in [0.25, 0.3) is 0 Å². The summed E-state index contributed by atoms with van der Waals surface area (Å²) in [6, 6.07) is 3.68. The Labute approximate surface area is 116 Å². The summed E-state index contributed by atoms with van der Waals surface area (Å²) in [5.41, 5.74) is 0.901. The molecule has 0 amide bonds. The Balaban J connectivity index is 1.90. The Hall–Kier alpha value is -0.640. The molecular weight excluding hydrogens is 275 g/mol. The van der Waals surface area contributed by atoms with Gasteiger partial charge in [0.25, 0.3) is 0 Å². The molecule has 0 spiro atoms. The van der Waals surface area contributed by atoms with Crippen LogP contribution >= 0.6 is 23.2 Å². The number of hydrogen-bond acceptors (Lipinski definition) is 3. The van der Waals surface area contributed by atoms with Gasteiger partial charge >= 0.3 is 0 Å². The van der Waals surface area contributed by atoms with E-state index in [9.17, 15) is 0 Å². The monoisotopic (exact) mass is 288 g/mol. The third-order valence-electron chi connectivity index (χ3n) is 3.34. The molecule has 1 aromatic rings. The lowest BCUT2D eigenvalue weighted by atomic mass is 9.97. The van der Waals surface area contributed by atoms with Gasteiger partial charge in [-0.1, -0.05) is 11.6 Å². The number of benzene rings is 1. The summed E-state index contributed by atoms with van der Waals surface area (Å²) in [6.07, 6.45) is 0.971. The third kappa shape index (κ3) is 2.27. The average molecular weight is 289 g/mol. The van der Waals surface area contributed by atoms with Gasteiger partial charge in [-0.15, -0.1) is 11.6 Å². The molecule has 0 saturated carbocycles. The molecule has 0 aliphatic carbocycles. The molecule has 5 heteroatoms. The van der Waals surface area contributed by atoms with Crippen molar-refractivity contribution in [1.82, 2.24) is 0 Å². The SMILES string of the molecule is Clc1cc2c(cc1C(Cl)C1CCOC1)OCCO2. The second kappa shape index (κ2) is 5.16. The molecule has 0 radical (unpaired) electrons. The Morgan fingerprint density at radius 3 is 2.50 bits per heavy atom. The highest BCUT2D eigenvalue weighted by Crippen LogP contribution is 2.43. The molecule has 1 saturated heterocycles. The Bertz CT molecular complexity index is 444. The van der Waals surface area contributed by atoms with Gasteiger partial charge in [0.05, 0.1) is 12.0 Å². The fourth-order valence-corrected chi connectivity index (χ4v) is 3.03. The van der Waals surface area contributed by atoms with Crippen LogP contribution in [-0.2, 0) is 4.74 Å². The smallest absolute Gasteiger partial charge is 0.162 e. The number of fused-ring (bicyclic) bond motifs is 1. The molecular formula is C13H14Cl2O3. The quantitative estimate of drug-likeness (QED) is 0.781. The summed E-state index contributed by atoms with van der Waals surface area (Å²) in [4.78, 5) is 0. The summed E-state index contributed by atoms with van der Waals surface area (Å²) in [5, 5.41) is 0.488. The lowest BCUT2D eigenvalue weighted by Gasteiger charge is -2.22. The van der Waals surface area contributed by atoms with Crippen LogP contribution in [0.15, 0.2) is 12.1 Å². The van der Waals surface area contributed by atoms with Gasteiger partial charge in [-0.05, 0) is 18.1 Å². The van der Waals surface area contributed by atoms with Crippen LogP contribution in [0.4, 0.5) is 0 Å². The molecule has 1 fully saturated rings. The van der Waals surface area contributed by atoms with E-state index in [1.54, 1.807) is 6.07 Å². The van der Waals surface area contributed by atoms with E-state index in [4.69, 9.17) is 37.4 Å². The van der Waals surface area contributed by atoms with Crippen molar-refractivity contribution < 1.29 is 14.2 Å². The number of rotatable bonds is 2. The van der Waals surface area contributed by atoms with Gasteiger partial charge in [-0.25, -0.2) is 0 Å². The van der Waals surface area contributed by atoms with E-state index in [2.05, 4.69) is 0 Å². The molecule has 98 valence electrons. The van der Waals surface area contributed by atoms with Crippen molar-refractivity contribution in [2.45, 2.75) is 11.8 Å². The first-order valence-electron chi connectivity index (χ1n) is 6.06. The lowest BCUT2D eigenvalue weighted by Crippen LogP contribution is -2.16. The van der Waals surface area contributed by atoms with E-state index >= 15 is 0 Å². The number of halogens is 2. The van der Waals surface area contributed by atoms with Crippen LogP contribution in [0.3, 0.4) is 0 Å². The Morgan fingerprint density at radius 1 is 1.11 bits per heavy atom. The van der Waals surface area contributed by atoms with Gasteiger partial charge in [0.2, 0.25) is 0 Å². The molecule has 2 unspecified atom stereocenters. The van der Waals surface area contributed by atoms with Crippen molar-refractivity contribution >= 4 is 23.2 Å². The van der Waals surface area contributed by atoms with Gasteiger partial charge in [-0.3, -0.25) is 0 Å². The van der Waals surface area contributed by atoms with Crippen LogP contribution in [0.1, 0.15) is 17.4 Å². The predicted octanol–water partition coefficient (Wildman–Crippen LogP) is 3.43. The van der Waals surface area contributed by atoms with Gasteiger partial charge < -0.3 is 14.2 Å². The molecule has 0 aromatic heterocycles. The van der Waals surface area contributed by atoms with E-state index in [1.165, 1.54) is 0 Å². The maximum Gasteiger partial charge on any atom is 0.162 e. The summed E-state index contributed by atoms with van der Waals surface area (Å²) < 4.78 is 16.4. The summed E-state index contributed by atoms with van der Waals surface area (Å²) >= 11 is 12.8. The van der Waals surface area contributed by atoms with Crippen LogP contribution in [0, 0.1) is 5.92 Å². The van der Waals surface area contributed by atoms with Crippen molar-refractivity contribution in [3.8, 4) is 11.5 Å². The fourth-order valence-electron chi connectivity index (χ4n) is 2.33. The summed E-state index contributed by atoms with van der Waals surface area (Å²) in [5.74, 6) is 1.73. The van der Waals surface area contributed by atoms with E-state index in [1.807, 2.05) is 6.07 Å². The minimum Gasteiger partial charge on any atom is -0.486 e. The molecule has 2 aliphatic heterocycles. The number of hydrogen-bond donors (Lipinski definition) is 0. The topological polar surface area (TPSA) is 27.7 Å². The molecule has 2 heterocycles. The van der Waals surface area contributed by atoms with E-state index in [0.717, 1.165) is 24.3 Å². The van der Waals surface area contributed by atoms with E-state index in [-0.39, 0.29) is 5.38 Å². The van der Waals surface area contributed by atoms with Gasteiger partial charge in [-0.2, -0.15) is 0 Å². The summed E-state index contributed by atoms with van der Waals surface area (Å²) in [6.45, 7) is 2.59. The molecule has 0 N–H and O–H groups in total. The van der Waals surface area contributed by atoms with Gasteiger partial charge in [0.1, 0.15) is 13.2 Å². The summed E-state index contributed by atoms with van der Waals surface area (Å²) in [7, 11) is 0. The second-order valence-electron chi connectivity index (χ2n) is 4.54. The molecule has 2 atom stereocenters. The Morgan fingerprint density at radius 2 is 1.83 bits per heavy atom. The van der Waals surface area contributed by atoms with Crippen LogP contribution in [0.5, 0.6) is 11.5 Å². The first-order valence-corrected chi connectivity index (χ1v) is 6.88. The van der Waals surface area contributed by atoms with Crippen LogP contribution in [-0.4, -0.2) is 26.4 Å². The van der Waals surface area contributed by atoms with Gasteiger partial charge in [0, 0.05) is 23.6 Å². The molecule has 2 aliphatic rings. The molecule has 3 nitrogen and oxygen atoms in total. The second-order valence-corrected chi connectivity index (χ2v) is 5.42. The van der Waals surface area contributed by atoms with Crippen molar-refractivity contribution in [2.24, 2.45) is 5.92 Å². The zero-order chi connectivity index (χ0) is 12.5. The van der Waals surface area contributed by atoms with Crippen LogP contribution < -0.4 is 9.47 Å². The highest BCUT2D eigenvalue weighted by atomic mass is 35.5. The van der Waals surface area contributed by atoms with E-state index < -0.39 is 0 Å². The maximum absolute atomic E-state index is 6.50. The molecule has 3 rings (SSSR count). The lowest BCUT2D eigenvalue weighted by molar-refractivity contribution is 0.171. The van der Waals surface area contributed by atoms with Crippen molar-refractivity contribution in [3.63, 3.8) is 0 Å². The van der Waals surface area contributed by atoms with Crippen molar-refractivity contribution in [2.75, 3.05) is 26.4 Å². The third-order valence-corrected chi connectivity index (χ3v) is 4.26. The zero-order valence-corrected chi connectivity index (χ0v) is 11.3. The first-order chi connectivity index (χ1) is 8.75. The average Bonchev–Trinajstić information content (AvgIpc) is 2.91. The highest BCUT2D eigenvalue weighted by molar-refractivity contribution is 6.33. The Kier molecular flexibility index (Phi) is 3.55. The molecule has 1 aromatic carbocycles. The predicted molar refractivity (Wildman–Crippen MR) is 70.0 cm³/mol. The van der Waals surface area contributed by atoms with Crippen molar-refractivity contribution in [1.29, 1.82) is 0 Å². The minimum absolute atomic E-state index is 0.143. The first kappa shape index (κ1) is 12.4. The van der Waals surface area contributed by atoms with E-state index in [0.29, 0.717) is 36.5 Å². The normalized spacial score (nSPS) is 24.0. The standard InChI is InChI=1S/C13H14Cl2O3/c14-10-6-12-11(17-3-4-18-12)5-9(10)13(15)8-1-2-16-7-8/h5-6,8,13H,1-4,7H2. The molecule has 0 bridgehead atoms. The maximum atomic E-state index is 6.50. The largest absolute Gasteiger partial charge is 0.486 e. The fraction of sp³-hybridized carbons (Fsp3) is 0.538. The zero-order valence-electron chi connectivity index (χ0n) is 9.83. The minimum atomic E-state index is -0.143. The highest BCUT2D eigenvalue weighted by Gasteiger charge is 2.28.